The predicted molar refractivity (Wildman–Crippen MR) is 81.0 cm³/mol. The van der Waals surface area contributed by atoms with Gasteiger partial charge < -0.3 is 11.1 Å². The van der Waals surface area contributed by atoms with E-state index in [1.54, 1.807) is 11.3 Å². The number of rotatable bonds is 4. The number of nitrogens with one attached hydrogen (secondary N) is 1. The molecule has 0 bridgehead atoms. The second kappa shape index (κ2) is 5.38. The quantitative estimate of drug-likeness (QED) is 0.715. The second-order valence-corrected chi connectivity index (χ2v) is 5.20. The maximum absolute atomic E-state index is 6.09. The van der Waals surface area contributed by atoms with Crippen LogP contribution in [0.25, 0.3) is 10.8 Å². The maximum atomic E-state index is 6.09. The van der Waals surface area contributed by atoms with Crippen molar-refractivity contribution < 1.29 is 0 Å². The van der Waals surface area contributed by atoms with Crippen molar-refractivity contribution in [1.29, 1.82) is 0 Å². The number of nitrogen functional groups attached to an aromatic ring is 1. The highest BCUT2D eigenvalue weighted by atomic mass is 32.1. The average Bonchev–Trinajstić information content (AvgIpc) is 2.92. The number of benzene rings is 2. The van der Waals surface area contributed by atoms with Crippen molar-refractivity contribution in [3.63, 3.8) is 0 Å². The smallest absolute Gasteiger partial charge is 0.0795 e. The minimum Gasteiger partial charge on any atom is -0.398 e. The number of nitrogens with zero attached hydrogens (tertiary/aromatic N) is 1. The van der Waals surface area contributed by atoms with Gasteiger partial charge in [0, 0.05) is 24.2 Å². The molecule has 0 spiro atoms. The minimum absolute atomic E-state index is 0.758. The van der Waals surface area contributed by atoms with Gasteiger partial charge in [0.2, 0.25) is 0 Å². The average molecular weight is 269 g/mol. The Labute approximate surface area is 116 Å². The third kappa shape index (κ3) is 2.75. The Morgan fingerprint density at radius 3 is 2.63 bits per heavy atom. The SMILES string of the molecule is Nc1cc2ccccc2cc1CNCc1cscn1. The molecule has 3 rings (SSSR count). The normalized spacial score (nSPS) is 10.9. The summed E-state index contributed by atoms with van der Waals surface area (Å²) in [5.41, 5.74) is 11.0. The Hall–Kier alpha value is -1.91. The molecule has 1 heterocycles. The highest BCUT2D eigenvalue weighted by Gasteiger charge is 2.02. The van der Waals surface area contributed by atoms with E-state index in [1.807, 2.05) is 23.7 Å². The number of nitrogens with two attached hydrogens (primary N) is 1. The van der Waals surface area contributed by atoms with Gasteiger partial charge in [-0.05, 0) is 28.5 Å². The molecule has 2 aromatic carbocycles. The monoisotopic (exact) mass is 269 g/mol. The molecule has 3 N–H and O–H groups in total. The molecular weight excluding hydrogens is 254 g/mol. The van der Waals surface area contributed by atoms with Gasteiger partial charge in [0.1, 0.15) is 0 Å². The minimum atomic E-state index is 0.758. The summed E-state index contributed by atoms with van der Waals surface area (Å²) in [6.07, 6.45) is 0. The highest BCUT2D eigenvalue weighted by molar-refractivity contribution is 7.07. The van der Waals surface area contributed by atoms with E-state index in [4.69, 9.17) is 5.73 Å². The van der Waals surface area contributed by atoms with Crippen molar-refractivity contribution in [1.82, 2.24) is 10.3 Å². The maximum Gasteiger partial charge on any atom is 0.0795 e. The van der Waals surface area contributed by atoms with E-state index in [2.05, 4.69) is 33.9 Å². The largest absolute Gasteiger partial charge is 0.398 e. The molecule has 0 radical (unpaired) electrons. The first-order chi connectivity index (χ1) is 9.33. The van der Waals surface area contributed by atoms with E-state index >= 15 is 0 Å². The van der Waals surface area contributed by atoms with Crippen LogP contribution in [0.5, 0.6) is 0 Å². The summed E-state index contributed by atoms with van der Waals surface area (Å²) >= 11 is 1.62. The molecule has 0 saturated carbocycles. The van der Waals surface area contributed by atoms with Crippen molar-refractivity contribution >= 4 is 27.8 Å². The number of anilines is 1. The molecule has 0 saturated heterocycles. The van der Waals surface area contributed by atoms with E-state index in [0.717, 1.165) is 30.0 Å². The van der Waals surface area contributed by atoms with Crippen molar-refractivity contribution in [3.05, 3.63) is 58.5 Å². The summed E-state index contributed by atoms with van der Waals surface area (Å²) in [5, 5.41) is 7.83. The summed E-state index contributed by atoms with van der Waals surface area (Å²) in [5.74, 6) is 0. The Balaban J connectivity index is 1.75. The van der Waals surface area contributed by atoms with Crippen LogP contribution >= 0.6 is 11.3 Å². The van der Waals surface area contributed by atoms with Crippen molar-refractivity contribution in [2.24, 2.45) is 0 Å². The standard InChI is InChI=1S/C15H15N3S/c16-15-6-12-4-2-1-3-11(12)5-13(15)7-17-8-14-9-19-10-18-14/h1-6,9-10,17H,7-8,16H2. The summed E-state index contributed by atoms with van der Waals surface area (Å²) in [4.78, 5) is 4.24. The van der Waals surface area contributed by atoms with Crippen LogP contribution in [-0.4, -0.2) is 4.98 Å². The first kappa shape index (κ1) is 12.1. The predicted octanol–water partition coefficient (Wildman–Crippen LogP) is 3.17. The van der Waals surface area contributed by atoms with Crippen LogP contribution in [0.15, 0.2) is 47.3 Å². The number of aromatic nitrogens is 1. The molecule has 0 unspecified atom stereocenters. The highest BCUT2D eigenvalue weighted by Crippen LogP contribution is 2.21. The zero-order chi connectivity index (χ0) is 13.1. The number of fused-ring (bicyclic) bond motifs is 1. The van der Waals surface area contributed by atoms with Gasteiger partial charge in [0.05, 0.1) is 11.2 Å². The molecule has 3 aromatic rings. The van der Waals surface area contributed by atoms with E-state index in [-0.39, 0.29) is 0 Å². The molecule has 0 amide bonds. The van der Waals surface area contributed by atoms with Crippen LogP contribution in [0.1, 0.15) is 11.3 Å². The lowest BCUT2D eigenvalue weighted by Gasteiger charge is -2.09. The van der Waals surface area contributed by atoms with Gasteiger partial charge in [-0.3, -0.25) is 0 Å². The van der Waals surface area contributed by atoms with Crippen LogP contribution in [0.4, 0.5) is 5.69 Å². The van der Waals surface area contributed by atoms with E-state index in [1.165, 1.54) is 10.8 Å². The summed E-state index contributed by atoms with van der Waals surface area (Å²) in [7, 11) is 0. The van der Waals surface area contributed by atoms with Crippen molar-refractivity contribution in [3.8, 4) is 0 Å². The van der Waals surface area contributed by atoms with Crippen LogP contribution < -0.4 is 11.1 Å². The number of hydrogen-bond donors (Lipinski definition) is 2. The molecule has 0 aliphatic carbocycles. The van der Waals surface area contributed by atoms with E-state index in [9.17, 15) is 0 Å². The molecule has 4 heteroatoms. The summed E-state index contributed by atoms with van der Waals surface area (Å²) in [6, 6.07) is 12.5. The van der Waals surface area contributed by atoms with Crippen LogP contribution in [-0.2, 0) is 13.1 Å². The third-order valence-corrected chi connectivity index (χ3v) is 3.75. The fraction of sp³-hybridized carbons (Fsp3) is 0.133. The lowest BCUT2D eigenvalue weighted by Crippen LogP contribution is -2.14. The molecule has 19 heavy (non-hydrogen) atoms. The van der Waals surface area contributed by atoms with Crippen LogP contribution in [0.3, 0.4) is 0 Å². The summed E-state index contributed by atoms with van der Waals surface area (Å²) in [6.45, 7) is 1.53. The van der Waals surface area contributed by atoms with Crippen molar-refractivity contribution in [2.45, 2.75) is 13.1 Å². The van der Waals surface area contributed by atoms with Gasteiger partial charge in [-0.25, -0.2) is 4.98 Å². The topological polar surface area (TPSA) is 50.9 Å². The van der Waals surface area contributed by atoms with Gasteiger partial charge in [0.15, 0.2) is 0 Å². The molecule has 96 valence electrons. The number of thiazole rings is 1. The van der Waals surface area contributed by atoms with Crippen LogP contribution in [0, 0.1) is 0 Å². The van der Waals surface area contributed by atoms with Crippen molar-refractivity contribution in [2.75, 3.05) is 5.73 Å². The third-order valence-electron chi connectivity index (χ3n) is 3.11. The van der Waals surface area contributed by atoms with Gasteiger partial charge in [0.25, 0.3) is 0 Å². The zero-order valence-corrected chi connectivity index (χ0v) is 11.3. The second-order valence-electron chi connectivity index (χ2n) is 4.48. The first-order valence-corrected chi connectivity index (χ1v) is 7.12. The Morgan fingerprint density at radius 2 is 1.89 bits per heavy atom. The van der Waals surface area contributed by atoms with E-state index in [0.29, 0.717) is 0 Å². The Bertz CT molecular complexity index is 677. The fourth-order valence-corrected chi connectivity index (χ4v) is 2.67. The lowest BCUT2D eigenvalue weighted by atomic mass is 10.1. The first-order valence-electron chi connectivity index (χ1n) is 6.18. The molecule has 1 aromatic heterocycles. The molecule has 3 nitrogen and oxygen atoms in total. The van der Waals surface area contributed by atoms with Gasteiger partial charge in [-0.1, -0.05) is 24.3 Å². The fourth-order valence-electron chi connectivity index (χ4n) is 2.11. The van der Waals surface area contributed by atoms with E-state index < -0.39 is 0 Å². The van der Waals surface area contributed by atoms with Gasteiger partial charge in [-0.15, -0.1) is 11.3 Å². The lowest BCUT2D eigenvalue weighted by molar-refractivity contribution is 0.684. The molecule has 0 aliphatic rings. The van der Waals surface area contributed by atoms with Crippen LogP contribution in [0.2, 0.25) is 0 Å². The number of hydrogen-bond acceptors (Lipinski definition) is 4. The zero-order valence-electron chi connectivity index (χ0n) is 10.5. The Morgan fingerprint density at radius 1 is 1.11 bits per heavy atom. The van der Waals surface area contributed by atoms with Gasteiger partial charge >= 0.3 is 0 Å². The van der Waals surface area contributed by atoms with Gasteiger partial charge in [-0.2, -0.15) is 0 Å². The molecular formula is C15H15N3S. The molecule has 0 aliphatic heterocycles. The molecule has 0 atom stereocenters. The Kier molecular flexibility index (Phi) is 3.44. The summed E-state index contributed by atoms with van der Waals surface area (Å²) < 4.78 is 0. The molecule has 0 fully saturated rings.